The molecule has 4 heterocycles. The predicted molar refractivity (Wildman–Crippen MR) is 87.5 cm³/mol. The molecular formula is C15H18N8O. The second-order valence-corrected chi connectivity index (χ2v) is 6.05. The van der Waals surface area contributed by atoms with Crippen molar-refractivity contribution in [1.29, 1.82) is 0 Å². The molecule has 0 aromatic carbocycles. The van der Waals surface area contributed by atoms with Crippen LogP contribution in [0.5, 0.6) is 0 Å². The smallest absolute Gasteiger partial charge is 0.298 e. The van der Waals surface area contributed by atoms with Gasteiger partial charge in [0.2, 0.25) is 0 Å². The van der Waals surface area contributed by atoms with Crippen LogP contribution in [0.1, 0.15) is 19.8 Å². The minimum Gasteiger partial charge on any atom is -0.356 e. The number of aromatic nitrogens is 7. The molecule has 0 saturated carbocycles. The van der Waals surface area contributed by atoms with Crippen LogP contribution >= 0.6 is 0 Å². The van der Waals surface area contributed by atoms with E-state index in [1.165, 1.54) is 21.9 Å². The van der Waals surface area contributed by atoms with E-state index in [9.17, 15) is 4.79 Å². The topological polar surface area (TPSA) is 97.5 Å². The molecule has 1 aliphatic rings. The van der Waals surface area contributed by atoms with Crippen LogP contribution in [0, 0.1) is 5.92 Å². The van der Waals surface area contributed by atoms with Gasteiger partial charge in [0.15, 0.2) is 11.5 Å². The van der Waals surface area contributed by atoms with Crippen LogP contribution in [0.25, 0.3) is 11.5 Å². The van der Waals surface area contributed by atoms with Crippen LogP contribution in [0.3, 0.4) is 0 Å². The third-order valence-electron chi connectivity index (χ3n) is 4.40. The van der Waals surface area contributed by atoms with Gasteiger partial charge in [-0.05, 0) is 18.8 Å². The van der Waals surface area contributed by atoms with Gasteiger partial charge in [-0.25, -0.2) is 14.6 Å². The number of nitrogens with one attached hydrogen (secondary N) is 1. The molecule has 1 fully saturated rings. The monoisotopic (exact) mass is 326 g/mol. The van der Waals surface area contributed by atoms with Crippen molar-refractivity contribution in [3.8, 4) is 11.5 Å². The average molecular weight is 326 g/mol. The van der Waals surface area contributed by atoms with Gasteiger partial charge in [0.05, 0.1) is 18.6 Å². The van der Waals surface area contributed by atoms with Gasteiger partial charge in [-0.15, -0.1) is 5.10 Å². The first-order valence-electron chi connectivity index (χ1n) is 7.97. The van der Waals surface area contributed by atoms with E-state index in [1.807, 2.05) is 6.07 Å². The Morgan fingerprint density at radius 3 is 2.75 bits per heavy atom. The highest BCUT2D eigenvalue weighted by molar-refractivity contribution is 5.44. The molecule has 24 heavy (non-hydrogen) atoms. The molecule has 9 heteroatoms. The fourth-order valence-electron chi connectivity index (χ4n) is 2.90. The Balaban J connectivity index is 1.66. The van der Waals surface area contributed by atoms with Gasteiger partial charge >= 0.3 is 0 Å². The summed E-state index contributed by atoms with van der Waals surface area (Å²) < 4.78 is 2.80. The van der Waals surface area contributed by atoms with Gasteiger partial charge in [-0.2, -0.15) is 4.68 Å². The Hall–Kier alpha value is -2.97. The summed E-state index contributed by atoms with van der Waals surface area (Å²) >= 11 is 0. The SMILES string of the molecule is CC1CCN(c2cc(-n3[nH]cc(-n4ccnn4)c3=O)ncn2)CC1. The summed E-state index contributed by atoms with van der Waals surface area (Å²) in [6.45, 7) is 4.22. The molecule has 0 atom stereocenters. The van der Waals surface area contributed by atoms with Crippen molar-refractivity contribution in [3.05, 3.63) is 41.3 Å². The molecular weight excluding hydrogens is 308 g/mol. The predicted octanol–water partition coefficient (Wildman–Crippen LogP) is 0.773. The normalized spacial score (nSPS) is 15.8. The molecule has 0 aliphatic carbocycles. The third kappa shape index (κ3) is 2.57. The van der Waals surface area contributed by atoms with Crippen molar-refractivity contribution in [3.63, 3.8) is 0 Å². The first kappa shape index (κ1) is 14.6. The van der Waals surface area contributed by atoms with Crippen molar-refractivity contribution < 1.29 is 0 Å². The van der Waals surface area contributed by atoms with Crippen LogP contribution in [0.2, 0.25) is 0 Å². The summed E-state index contributed by atoms with van der Waals surface area (Å²) in [5, 5.41) is 10.5. The van der Waals surface area contributed by atoms with E-state index in [4.69, 9.17) is 0 Å². The molecule has 1 N–H and O–H groups in total. The zero-order valence-corrected chi connectivity index (χ0v) is 13.3. The highest BCUT2D eigenvalue weighted by Crippen LogP contribution is 2.21. The number of anilines is 1. The molecule has 0 amide bonds. The van der Waals surface area contributed by atoms with Crippen molar-refractivity contribution in [2.45, 2.75) is 19.8 Å². The highest BCUT2D eigenvalue weighted by Gasteiger charge is 2.18. The van der Waals surface area contributed by atoms with E-state index in [0.717, 1.165) is 37.7 Å². The van der Waals surface area contributed by atoms with Crippen molar-refractivity contribution in [2.75, 3.05) is 18.0 Å². The fourth-order valence-corrected chi connectivity index (χ4v) is 2.90. The molecule has 1 saturated heterocycles. The minimum absolute atomic E-state index is 0.239. The highest BCUT2D eigenvalue weighted by atomic mass is 16.1. The first-order valence-corrected chi connectivity index (χ1v) is 7.97. The van der Waals surface area contributed by atoms with Crippen LogP contribution in [-0.4, -0.2) is 47.8 Å². The zero-order chi connectivity index (χ0) is 16.5. The van der Waals surface area contributed by atoms with E-state index in [2.05, 4.69) is 37.2 Å². The van der Waals surface area contributed by atoms with Crippen LogP contribution in [0.4, 0.5) is 5.82 Å². The molecule has 3 aromatic heterocycles. The summed E-state index contributed by atoms with van der Waals surface area (Å²) in [6, 6.07) is 1.83. The van der Waals surface area contributed by atoms with Crippen molar-refractivity contribution >= 4 is 5.82 Å². The zero-order valence-electron chi connectivity index (χ0n) is 13.3. The molecule has 0 radical (unpaired) electrons. The van der Waals surface area contributed by atoms with Gasteiger partial charge < -0.3 is 4.90 Å². The maximum Gasteiger partial charge on any atom is 0.298 e. The number of hydrogen-bond donors (Lipinski definition) is 1. The number of H-pyrrole nitrogens is 1. The van der Waals surface area contributed by atoms with Gasteiger partial charge in [0, 0.05) is 19.2 Å². The van der Waals surface area contributed by atoms with Crippen LogP contribution < -0.4 is 10.5 Å². The third-order valence-corrected chi connectivity index (χ3v) is 4.40. The van der Waals surface area contributed by atoms with Crippen LogP contribution in [-0.2, 0) is 0 Å². The summed E-state index contributed by atoms with van der Waals surface area (Å²) in [6.07, 6.45) is 8.52. The molecule has 3 aromatic rings. The Kier molecular flexibility index (Phi) is 3.60. The number of piperidine rings is 1. The van der Waals surface area contributed by atoms with Gasteiger partial charge in [-0.1, -0.05) is 12.1 Å². The summed E-state index contributed by atoms with van der Waals surface area (Å²) in [5.74, 6) is 2.10. The van der Waals surface area contributed by atoms with E-state index in [0.29, 0.717) is 11.5 Å². The standard InChI is InChI=1S/C15H18N8O/c1-11-2-5-21(6-3-11)13-8-14(17-10-16-13)23-15(24)12(9-19-23)22-7-4-18-20-22/h4,7-11,19H,2-3,5-6H2,1H3. The lowest BCUT2D eigenvalue weighted by Gasteiger charge is -2.31. The first-order chi connectivity index (χ1) is 11.7. The average Bonchev–Trinajstić information content (AvgIpc) is 3.25. The molecule has 1 aliphatic heterocycles. The van der Waals surface area contributed by atoms with Gasteiger partial charge in [0.1, 0.15) is 12.1 Å². The molecule has 0 bridgehead atoms. The van der Waals surface area contributed by atoms with E-state index < -0.39 is 0 Å². The Morgan fingerprint density at radius 2 is 2.00 bits per heavy atom. The molecule has 9 nitrogen and oxygen atoms in total. The second-order valence-electron chi connectivity index (χ2n) is 6.05. The Morgan fingerprint density at radius 1 is 1.21 bits per heavy atom. The number of aromatic amines is 1. The largest absolute Gasteiger partial charge is 0.356 e. The molecule has 4 rings (SSSR count). The van der Waals surface area contributed by atoms with E-state index >= 15 is 0 Å². The number of nitrogens with zero attached hydrogens (tertiary/aromatic N) is 7. The van der Waals surface area contributed by atoms with Gasteiger partial charge in [-0.3, -0.25) is 9.89 Å². The quantitative estimate of drug-likeness (QED) is 0.763. The summed E-state index contributed by atoms with van der Waals surface area (Å²) in [4.78, 5) is 23.4. The fraction of sp³-hybridized carbons (Fsp3) is 0.400. The molecule has 0 spiro atoms. The van der Waals surface area contributed by atoms with E-state index in [-0.39, 0.29) is 5.56 Å². The summed E-state index contributed by atoms with van der Waals surface area (Å²) in [7, 11) is 0. The maximum atomic E-state index is 12.6. The molecule has 0 unspecified atom stereocenters. The number of hydrogen-bond acceptors (Lipinski definition) is 6. The van der Waals surface area contributed by atoms with Crippen molar-refractivity contribution in [2.24, 2.45) is 5.92 Å². The van der Waals surface area contributed by atoms with Crippen LogP contribution in [0.15, 0.2) is 35.8 Å². The lowest BCUT2D eigenvalue weighted by molar-refractivity contribution is 0.436. The molecule has 124 valence electrons. The number of rotatable bonds is 3. The van der Waals surface area contributed by atoms with E-state index in [1.54, 1.807) is 12.4 Å². The maximum absolute atomic E-state index is 12.6. The second kappa shape index (κ2) is 5.91. The van der Waals surface area contributed by atoms with Crippen molar-refractivity contribution in [1.82, 2.24) is 34.7 Å². The minimum atomic E-state index is -0.239. The summed E-state index contributed by atoms with van der Waals surface area (Å²) in [5.41, 5.74) is 0.150. The lowest BCUT2D eigenvalue weighted by atomic mass is 9.99. The van der Waals surface area contributed by atoms with Gasteiger partial charge in [0.25, 0.3) is 5.56 Å². The Bertz CT molecular complexity index is 873. The lowest BCUT2D eigenvalue weighted by Crippen LogP contribution is -2.33. The Labute approximate surface area is 137 Å².